The molecule has 3 aliphatic rings. The number of halogens is 6. The van der Waals surface area contributed by atoms with Gasteiger partial charge < -0.3 is 5.32 Å². The molecule has 180 valence electrons. The summed E-state index contributed by atoms with van der Waals surface area (Å²) in [6.45, 7) is 0.791. The van der Waals surface area contributed by atoms with E-state index in [0.717, 1.165) is 30.1 Å². The number of amides is 1. The number of carbonyl (C=O) groups is 1. The van der Waals surface area contributed by atoms with Crippen molar-refractivity contribution < 1.29 is 39.6 Å². The van der Waals surface area contributed by atoms with Gasteiger partial charge in [-0.15, -0.1) is 0 Å². The minimum absolute atomic E-state index is 0.115. The number of hydrogen-bond acceptors (Lipinski definition) is 5. The Morgan fingerprint density at radius 2 is 1.79 bits per heavy atom. The van der Waals surface area contributed by atoms with Crippen molar-refractivity contribution in [2.24, 2.45) is 10.8 Å². The summed E-state index contributed by atoms with van der Waals surface area (Å²) in [5, 5.41) is 5.64. The summed E-state index contributed by atoms with van der Waals surface area (Å²) < 4.78 is 105. The Hall–Kier alpha value is -2.64. The summed E-state index contributed by atoms with van der Waals surface area (Å²) >= 11 is 0. The number of rotatable bonds is 5. The lowest BCUT2D eigenvalue weighted by atomic mass is 9.35. The van der Waals surface area contributed by atoms with Crippen molar-refractivity contribution in [2.75, 3.05) is 11.6 Å². The number of nitrogens with zero attached hydrogens (tertiary/aromatic N) is 3. The van der Waals surface area contributed by atoms with E-state index in [4.69, 9.17) is 0 Å². The maximum Gasteiger partial charge on any atom is 0.420 e. The van der Waals surface area contributed by atoms with Crippen molar-refractivity contribution in [1.82, 2.24) is 14.8 Å². The molecular formula is C19H18F6N4O3S. The van der Waals surface area contributed by atoms with E-state index in [-0.39, 0.29) is 31.5 Å². The van der Waals surface area contributed by atoms with Crippen LogP contribution < -0.4 is 5.32 Å². The van der Waals surface area contributed by atoms with Gasteiger partial charge in [-0.1, -0.05) is 0 Å². The summed E-state index contributed by atoms with van der Waals surface area (Å²) in [6, 6.07) is 2.18. The highest BCUT2D eigenvalue weighted by Gasteiger charge is 2.78. The zero-order valence-corrected chi connectivity index (χ0v) is 18.1. The Morgan fingerprint density at radius 1 is 1.18 bits per heavy atom. The monoisotopic (exact) mass is 496 g/mol. The lowest BCUT2D eigenvalue weighted by molar-refractivity contribution is -0.366. The zero-order chi connectivity index (χ0) is 24.6. The fraction of sp³-hybridized carbons (Fsp3) is 0.526. The molecule has 0 aliphatic heterocycles. The molecule has 2 aromatic heterocycles. The van der Waals surface area contributed by atoms with Gasteiger partial charge in [0, 0.05) is 24.7 Å². The molecule has 1 N–H and O–H groups in total. The Kier molecular flexibility index (Phi) is 4.94. The van der Waals surface area contributed by atoms with E-state index in [1.165, 1.54) is 6.07 Å². The lowest BCUT2D eigenvalue weighted by Gasteiger charge is -2.70. The van der Waals surface area contributed by atoms with Crippen LogP contribution >= 0.6 is 0 Å². The highest BCUT2D eigenvalue weighted by molar-refractivity contribution is 7.90. The summed E-state index contributed by atoms with van der Waals surface area (Å²) in [5.74, 6) is -1.22. The first-order chi connectivity index (χ1) is 15.0. The van der Waals surface area contributed by atoms with Gasteiger partial charge in [0.25, 0.3) is 5.91 Å². The number of hydrogen-bond donors (Lipinski definition) is 1. The molecule has 0 unspecified atom stereocenters. The quantitative estimate of drug-likeness (QED) is 0.632. The second-order valence-corrected chi connectivity index (χ2v) is 10.8. The Morgan fingerprint density at radius 3 is 2.30 bits per heavy atom. The fourth-order valence-electron chi connectivity index (χ4n) is 4.93. The first kappa shape index (κ1) is 23.5. The number of sulfone groups is 1. The van der Waals surface area contributed by atoms with E-state index in [1.807, 2.05) is 0 Å². The smallest absolute Gasteiger partial charge is 0.320 e. The second kappa shape index (κ2) is 6.93. The molecule has 14 heteroatoms. The molecule has 5 rings (SSSR count). The average Bonchev–Trinajstić information content (AvgIpc) is 2.91. The normalized spacial score (nSPS) is 24.7. The molecule has 2 bridgehead atoms. The average molecular weight is 496 g/mol. The van der Waals surface area contributed by atoms with E-state index in [2.05, 4.69) is 15.4 Å². The van der Waals surface area contributed by atoms with Gasteiger partial charge in [-0.25, -0.2) is 13.4 Å². The molecule has 7 nitrogen and oxygen atoms in total. The van der Waals surface area contributed by atoms with Crippen LogP contribution in [0, 0.1) is 17.8 Å². The third-order valence-electron chi connectivity index (χ3n) is 6.23. The molecule has 2 heterocycles. The summed E-state index contributed by atoms with van der Waals surface area (Å²) in [6.07, 6.45) is -8.08. The summed E-state index contributed by atoms with van der Waals surface area (Å²) in [4.78, 5) is 16.5. The van der Waals surface area contributed by atoms with E-state index < -0.39 is 60.9 Å². The second-order valence-electron chi connectivity index (χ2n) is 8.88. The van der Waals surface area contributed by atoms with Crippen LogP contribution in [0.2, 0.25) is 0 Å². The van der Waals surface area contributed by atoms with Crippen LogP contribution in [0.5, 0.6) is 0 Å². The maximum absolute atomic E-state index is 13.7. The number of alkyl halides is 6. The van der Waals surface area contributed by atoms with E-state index in [9.17, 15) is 39.6 Å². The van der Waals surface area contributed by atoms with Crippen LogP contribution in [0.4, 0.5) is 32.0 Å². The summed E-state index contributed by atoms with van der Waals surface area (Å²) in [5.41, 5.74) is -5.42. The molecule has 0 atom stereocenters. The van der Waals surface area contributed by atoms with Crippen molar-refractivity contribution in [3.8, 4) is 0 Å². The van der Waals surface area contributed by atoms with E-state index >= 15 is 0 Å². The van der Waals surface area contributed by atoms with Crippen LogP contribution in [0.25, 0.3) is 0 Å². The van der Waals surface area contributed by atoms with Crippen LogP contribution in [-0.2, 0) is 22.6 Å². The van der Waals surface area contributed by atoms with Gasteiger partial charge in [0.05, 0.1) is 11.1 Å². The van der Waals surface area contributed by atoms with Gasteiger partial charge in [-0.05, 0) is 43.7 Å². The van der Waals surface area contributed by atoms with Crippen molar-refractivity contribution in [3.63, 3.8) is 0 Å². The number of pyridine rings is 1. The summed E-state index contributed by atoms with van der Waals surface area (Å²) in [7, 11) is -3.75. The Balaban J connectivity index is 1.66. The van der Waals surface area contributed by atoms with Crippen LogP contribution in [-0.4, -0.2) is 41.5 Å². The SMILES string of the molecule is Cc1nn(CC23CC(C(F)(F)F)(C2)C3)c(C(=O)Nc2ccnc(S(C)(=O)=O)c2)c1C(F)(F)F. The van der Waals surface area contributed by atoms with Gasteiger partial charge >= 0.3 is 12.4 Å². The largest absolute Gasteiger partial charge is 0.420 e. The number of carbonyl (C=O) groups excluding carboxylic acids is 1. The van der Waals surface area contributed by atoms with Crippen molar-refractivity contribution >= 4 is 21.4 Å². The molecule has 3 fully saturated rings. The van der Waals surface area contributed by atoms with Crippen LogP contribution in [0.15, 0.2) is 23.4 Å². The zero-order valence-electron chi connectivity index (χ0n) is 17.3. The van der Waals surface area contributed by atoms with Gasteiger partial charge in [0.15, 0.2) is 14.9 Å². The topological polar surface area (TPSA) is 93.9 Å². The van der Waals surface area contributed by atoms with E-state index in [1.54, 1.807) is 0 Å². The molecule has 33 heavy (non-hydrogen) atoms. The maximum atomic E-state index is 13.7. The van der Waals surface area contributed by atoms with Gasteiger partial charge in [0.1, 0.15) is 11.3 Å². The van der Waals surface area contributed by atoms with Crippen molar-refractivity contribution in [3.05, 3.63) is 35.3 Å². The van der Waals surface area contributed by atoms with Gasteiger partial charge in [-0.2, -0.15) is 31.4 Å². The first-order valence-electron chi connectivity index (χ1n) is 9.65. The van der Waals surface area contributed by atoms with Gasteiger partial charge in [-0.3, -0.25) is 9.48 Å². The molecule has 3 aliphatic carbocycles. The predicted octanol–water partition coefficient (Wildman–Crippen LogP) is 3.99. The molecule has 0 aromatic carbocycles. The number of aromatic nitrogens is 3. The minimum Gasteiger partial charge on any atom is -0.320 e. The van der Waals surface area contributed by atoms with E-state index in [0.29, 0.717) is 0 Å². The molecular weight excluding hydrogens is 478 g/mol. The Labute approximate surface area is 184 Å². The molecule has 1 amide bonds. The van der Waals surface area contributed by atoms with Crippen molar-refractivity contribution in [2.45, 2.75) is 50.1 Å². The molecule has 2 aromatic rings. The highest BCUT2D eigenvalue weighted by Crippen LogP contribution is 2.79. The minimum atomic E-state index is -4.95. The fourth-order valence-corrected chi connectivity index (χ4v) is 5.52. The number of aryl methyl sites for hydroxylation is 1. The predicted molar refractivity (Wildman–Crippen MR) is 102 cm³/mol. The molecule has 3 saturated carbocycles. The van der Waals surface area contributed by atoms with Crippen molar-refractivity contribution in [1.29, 1.82) is 0 Å². The molecule has 0 saturated heterocycles. The number of anilines is 1. The first-order valence-corrected chi connectivity index (χ1v) is 11.5. The number of nitrogens with one attached hydrogen (secondary N) is 1. The standard InChI is InChI=1S/C19H18F6N4O3S/c1-10-13(18(20,21)22)14(15(30)27-11-3-4-26-12(5-11)33(2,31)32)29(28-10)9-16-6-17(7-16,8-16)19(23,24)25/h3-5H,6-9H2,1-2H3,(H,26,27,30). The third-order valence-corrected chi connectivity index (χ3v) is 7.21. The Bertz CT molecular complexity index is 1230. The third kappa shape index (κ3) is 3.87. The highest BCUT2D eigenvalue weighted by atomic mass is 32.2. The van der Waals surface area contributed by atoms with Crippen LogP contribution in [0.1, 0.15) is 41.0 Å². The lowest BCUT2D eigenvalue weighted by Crippen LogP contribution is -2.69. The van der Waals surface area contributed by atoms with Crippen LogP contribution in [0.3, 0.4) is 0 Å². The molecule has 0 spiro atoms. The molecule has 0 radical (unpaired) electrons. The van der Waals surface area contributed by atoms with Gasteiger partial charge in [0.2, 0.25) is 0 Å².